The van der Waals surface area contributed by atoms with Gasteiger partial charge in [0.2, 0.25) is 0 Å². The van der Waals surface area contributed by atoms with Gasteiger partial charge in [-0.05, 0) is 32.2 Å². The lowest BCUT2D eigenvalue weighted by atomic mass is 9.74. The Hall–Kier alpha value is -0.120. The summed E-state index contributed by atoms with van der Waals surface area (Å²) in [6.45, 7) is 3.64. The second-order valence-electron chi connectivity index (χ2n) is 5.64. The highest BCUT2D eigenvalue weighted by Crippen LogP contribution is 2.35. The van der Waals surface area contributed by atoms with Crippen molar-refractivity contribution in [3.63, 3.8) is 0 Å². The van der Waals surface area contributed by atoms with Gasteiger partial charge in [-0.15, -0.1) is 0 Å². The van der Waals surface area contributed by atoms with Gasteiger partial charge in [0.1, 0.15) is 0 Å². The molecule has 1 heterocycles. The number of rotatable bonds is 4. The Bertz CT molecular complexity index is 196. The maximum atomic E-state index is 9.62. The van der Waals surface area contributed by atoms with Crippen LogP contribution in [0.5, 0.6) is 0 Å². The van der Waals surface area contributed by atoms with Crippen molar-refractivity contribution in [3.8, 4) is 0 Å². The third-order valence-corrected chi connectivity index (χ3v) is 4.31. The summed E-state index contributed by atoms with van der Waals surface area (Å²) in [6, 6.07) is 0.624. The number of aliphatic hydroxyl groups is 1. The molecule has 0 radical (unpaired) electrons. The summed E-state index contributed by atoms with van der Waals surface area (Å²) in [4.78, 5) is 0. The fraction of sp³-hybridized carbons (Fsp3) is 1.00. The average molecular weight is 226 g/mol. The molecule has 1 aliphatic carbocycles. The molecule has 0 spiro atoms. The van der Waals surface area contributed by atoms with Crippen molar-refractivity contribution in [3.05, 3.63) is 0 Å². The molecular weight excluding hydrogens is 200 g/mol. The molecule has 3 heteroatoms. The van der Waals surface area contributed by atoms with Gasteiger partial charge in [0.25, 0.3) is 0 Å². The summed E-state index contributed by atoms with van der Waals surface area (Å²) in [6.07, 6.45) is 8.93. The summed E-state index contributed by atoms with van der Waals surface area (Å²) < 4.78 is 0. The van der Waals surface area contributed by atoms with Crippen molar-refractivity contribution in [2.45, 2.75) is 51.0 Å². The van der Waals surface area contributed by atoms with Crippen LogP contribution in [0, 0.1) is 5.41 Å². The normalized spacial score (nSPS) is 30.2. The molecule has 1 saturated heterocycles. The van der Waals surface area contributed by atoms with Crippen molar-refractivity contribution in [2.75, 3.05) is 26.2 Å². The Morgan fingerprint density at radius 2 is 2.00 bits per heavy atom. The molecule has 1 unspecified atom stereocenters. The van der Waals surface area contributed by atoms with E-state index in [9.17, 15) is 5.11 Å². The van der Waals surface area contributed by atoms with Crippen molar-refractivity contribution in [1.29, 1.82) is 0 Å². The monoisotopic (exact) mass is 226 g/mol. The Kier molecular flexibility index (Phi) is 4.62. The zero-order valence-electron chi connectivity index (χ0n) is 10.3. The summed E-state index contributed by atoms with van der Waals surface area (Å²) in [5.74, 6) is 0. The molecule has 16 heavy (non-hydrogen) atoms. The Morgan fingerprint density at radius 3 is 2.62 bits per heavy atom. The zero-order chi connectivity index (χ0) is 11.3. The minimum absolute atomic E-state index is 0.190. The molecule has 1 atom stereocenters. The Labute approximate surface area is 99.0 Å². The molecule has 3 N–H and O–H groups in total. The third-order valence-electron chi connectivity index (χ3n) is 4.31. The van der Waals surface area contributed by atoms with Gasteiger partial charge in [-0.2, -0.15) is 0 Å². The van der Waals surface area contributed by atoms with Gasteiger partial charge >= 0.3 is 0 Å². The van der Waals surface area contributed by atoms with Crippen LogP contribution >= 0.6 is 0 Å². The van der Waals surface area contributed by atoms with Crippen molar-refractivity contribution in [2.24, 2.45) is 5.41 Å². The van der Waals surface area contributed by atoms with Crippen LogP contribution in [-0.4, -0.2) is 37.4 Å². The molecule has 0 amide bonds. The molecule has 2 aliphatic rings. The second-order valence-corrected chi connectivity index (χ2v) is 5.64. The minimum Gasteiger partial charge on any atom is -0.396 e. The molecule has 3 nitrogen and oxygen atoms in total. The highest BCUT2D eigenvalue weighted by Gasteiger charge is 2.31. The molecule has 0 aromatic rings. The molecule has 2 fully saturated rings. The van der Waals surface area contributed by atoms with Crippen molar-refractivity contribution < 1.29 is 5.11 Å². The van der Waals surface area contributed by atoms with Gasteiger partial charge in [-0.25, -0.2) is 0 Å². The standard InChI is InChI=1S/C13H26N2O/c16-11-13(6-2-1-3-7-13)10-15-12-5-4-8-14-9-12/h12,14-16H,1-11H2. The van der Waals surface area contributed by atoms with E-state index in [1.807, 2.05) is 0 Å². The van der Waals surface area contributed by atoms with E-state index in [4.69, 9.17) is 0 Å². The lowest BCUT2D eigenvalue weighted by Crippen LogP contribution is -2.48. The van der Waals surface area contributed by atoms with Crippen LogP contribution in [0.2, 0.25) is 0 Å². The molecule has 0 aromatic heterocycles. The molecule has 1 saturated carbocycles. The lowest BCUT2D eigenvalue weighted by molar-refractivity contribution is 0.0772. The van der Waals surface area contributed by atoms with Gasteiger partial charge in [0.15, 0.2) is 0 Å². The number of piperidine rings is 1. The lowest BCUT2D eigenvalue weighted by Gasteiger charge is -2.37. The van der Waals surface area contributed by atoms with E-state index in [2.05, 4.69) is 10.6 Å². The molecule has 94 valence electrons. The Morgan fingerprint density at radius 1 is 1.19 bits per heavy atom. The number of hydrogen-bond acceptors (Lipinski definition) is 3. The number of hydrogen-bond donors (Lipinski definition) is 3. The van der Waals surface area contributed by atoms with Gasteiger partial charge in [-0.3, -0.25) is 0 Å². The molecule has 0 bridgehead atoms. The first-order chi connectivity index (χ1) is 7.85. The van der Waals surface area contributed by atoms with Gasteiger partial charge in [0.05, 0.1) is 0 Å². The summed E-state index contributed by atoms with van der Waals surface area (Å²) >= 11 is 0. The maximum Gasteiger partial charge on any atom is 0.0499 e. The fourth-order valence-electron chi connectivity index (χ4n) is 3.08. The first kappa shape index (κ1) is 12.3. The second kappa shape index (κ2) is 5.99. The van der Waals surface area contributed by atoms with Gasteiger partial charge < -0.3 is 15.7 Å². The first-order valence-electron chi connectivity index (χ1n) is 6.90. The van der Waals surface area contributed by atoms with Crippen LogP contribution in [0.1, 0.15) is 44.9 Å². The van der Waals surface area contributed by atoms with Crippen LogP contribution < -0.4 is 10.6 Å². The molecular formula is C13H26N2O. The SMILES string of the molecule is OCC1(CNC2CCCNC2)CCCCC1. The van der Waals surface area contributed by atoms with Gasteiger partial charge in [-0.1, -0.05) is 19.3 Å². The quantitative estimate of drug-likeness (QED) is 0.676. The topological polar surface area (TPSA) is 44.3 Å². The van der Waals surface area contributed by atoms with Crippen LogP contribution in [0.25, 0.3) is 0 Å². The predicted octanol–water partition coefficient (Wildman–Crippen LogP) is 1.27. The van der Waals surface area contributed by atoms with Crippen LogP contribution in [0.3, 0.4) is 0 Å². The van der Waals surface area contributed by atoms with Crippen molar-refractivity contribution in [1.82, 2.24) is 10.6 Å². The molecule has 2 rings (SSSR count). The van der Waals surface area contributed by atoms with Crippen LogP contribution in [0.15, 0.2) is 0 Å². The smallest absolute Gasteiger partial charge is 0.0499 e. The van der Waals surface area contributed by atoms with Crippen LogP contribution in [-0.2, 0) is 0 Å². The average Bonchev–Trinajstić information content (AvgIpc) is 2.39. The molecule has 1 aliphatic heterocycles. The number of aliphatic hydroxyl groups excluding tert-OH is 1. The van der Waals surface area contributed by atoms with Gasteiger partial charge in [0, 0.05) is 31.2 Å². The summed E-state index contributed by atoms with van der Waals surface area (Å²) in [5.41, 5.74) is 0.190. The van der Waals surface area contributed by atoms with Crippen LogP contribution in [0.4, 0.5) is 0 Å². The number of nitrogens with one attached hydrogen (secondary N) is 2. The summed E-state index contributed by atoms with van der Waals surface area (Å²) in [5, 5.41) is 16.7. The molecule has 0 aromatic carbocycles. The maximum absolute atomic E-state index is 9.62. The van der Waals surface area contributed by atoms with E-state index in [-0.39, 0.29) is 5.41 Å². The third kappa shape index (κ3) is 3.19. The largest absolute Gasteiger partial charge is 0.396 e. The van der Waals surface area contributed by atoms with E-state index < -0.39 is 0 Å². The van der Waals surface area contributed by atoms with Crippen molar-refractivity contribution >= 4 is 0 Å². The van der Waals surface area contributed by atoms with E-state index in [1.54, 1.807) is 0 Å². The first-order valence-corrected chi connectivity index (χ1v) is 6.90. The fourth-order valence-corrected chi connectivity index (χ4v) is 3.08. The van der Waals surface area contributed by atoms with E-state index >= 15 is 0 Å². The highest BCUT2D eigenvalue weighted by atomic mass is 16.3. The zero-order valence-corrected chi connectivity index (χ0v) is 10.3. The highest BCUT2D eigenvalue weighted by molar-refractivity contribution is 4.86. The van der Waals surface area contributed by atoms with E-state index in [1.165, 1.54) is 51.5 Å². The van der Waals surface area contributed by atoms with E-state index in [0.717, 1.165) is 13.1 Å². The van der Waals surface area contributed by atoms with E-state index in [0.29, 0.717) is 12.6 Å². The Balaban J connectivity index is 1.77. The predicted molar refractivity (Wildman–Crippen MR) is 66.5 cm³/mol. The summed E-state index contributed by atoms with van der Waals surface area (Å²) in [7, 11) is 0. The minimum atomic E-state index is 0.190.